The fraction of sp³-hybridized carbons (Fsp3) is 0.111. The zero-order valence-corrected chi connectivity index (χ0v) is 16.9. The Balaban J connectivity index is 1.58. The molecule has 156 valence electrons. The minimum atomic E-state index is -0.405. The van der Waals surface area contributed by atoms with Gasteiger partial charge in [-0.2, -0.15) is 0 Å². The Morgan fingerprint density at radius 2 is 1.61 bits per heavy atom. The Morgan fingerprint density at radius 1 is 0.806 bits per heavy atom. The van der Waals surface area contributed by atoms with Crippen molar-refractivity contribution in [2.75, 3.05) is 6.61 Å². The molecule has 4 heteroatoms. The van der Waals surface area contributed by atoms with E-state index in [1.54, 1.807) is 54.6 Å². The molecule has 0 saturated carbocycles. The van der Waals surface area contributed by atoms with Gasteiger partial charge in [-0.25, -0.2) is 13.2 Å². The monoisotopic (exact) mass is 418 g/mol. The molecular weight excluding hydrogens is 397 g/mol. The molecule has 0 aliphatic carbocycles. The Kier molecular flexibility index (Phi) is 6.08. The topological polar surface area (TPSA) is 9.23 Å². The zero-order valence-electron chi connectivity index (χ0n) is 16.9. The predicted molar refractivity (Wildman–Crippen MR) is 119 cm³/mol. The van der Waals surface area contributed by atoms with Crippen LogP contribution < -0.4 is 4.74 Å². The second-order valence-corrected chi connectivity index (χ2v) is 7.34. The summed E-state index contributed by atoms with van der Waals surface area (Å²) < 4.78 is 48.1. The minimum absolute atomic E-state index is 0.278. The standard InChI is InChI=1S/C27H21F3O/c1-2-15-31-23-12-14-24(26(29)17-23)20-9-13-25-21(16-20)8-7-19(27(25)30)6-3-18-4-10-22(28)11-5-18/h2,4-5,7-14,16-17H,1,3,6,15H2. The molecule has 0 fully saturated rings. The first-order valence-electron chi connectivity index (χ1n) is 10.0. The molecule has 0 saturated heterocycles. The molecule has 0 N–H and O–H groups in total. The lowest BCUT2D eigenvalue weighted by molar-refractivity contribution is 0.361. The molecule has 0 spiro atoms. The van der Waals surface area contributed by atoms with Gasteiger partial charge in [0.15, 0.2) is 0 Å². The van der Waals surface area contributed by atoms with E-state index in [1.165, 1.54) is 18.2 Å². The first kappa shape index (κ1) is 20.7. The van der Waals surface area contributed by atoms with Gasteiger partial charge in [-0.3, -0.25) is 0 Å². The summed E-state index contributed by atoms with van der Waals surface area (Å²) in [6.07, 6.45) is 2.72. The first-order valence-corrected chi connectivity index (χ1v) is 10.0. The normalized spacial score (nSPS) is 10.9. The van der Waals surface area contributed by atoms with Crippen LogP contribution in [0.4, 0.5) is 13.2 Å². The Bertz CT molecular complexity index is 1230. The van der Waals surface area contributed by atoms with Crippen LogP contribution in [0.3, 0.4) is 0 Å². The first-order chi connectivity index (χ1) is 15.0. The van der Waals surface area contributed by atoms with Crippen molar-refractivity contribution in [2.24, 2.45) is 0 Å². The quantitative estimate of drug-likeness (QED) is 0.287. The van der Waals surface area contributed by atoms with Crippen molar-refractivity contribution in [1.82, 2.24) is 0 Å². The Morgan fingerprint density at radius 3 is 2.35 bits per heavy atom. The fourth-order valence-corrected chi connectivity index (χ4v) is 3.60. The SMILES string of the molecule is C=CCOc1ccc(-c2ccc3c(F)c(CCc4ccc(F)cc4)ccc3c2)c(F)c1. The molecule has 0 radical (unpaired) electrons. The van der Waals surface area contributed by atoms with Crippen molar-refractivity contribution < 1.29 is 17.9 Å². The van der Waals surface area contributed by atoms with Crippen LogP contribution in [0.25, 0.3) is 21.9 Å². The maximum atomic E-state index is 15.1. The summed E-state index contributed by atoms with van der Waals surface area (Å²) in [7, 11) is 0. The maximum absolute atomic E-state index is 15.1. The second-order valence-electron chi connectivity index (χ2n) is 7.34. The summed E-state index contributed by atoms with van der Waals surface area (Å²) >= 11 is 0. The number of rotatable bonds is 7. The summed E-state index contributed by atoms with van der Waals surface area (Å²) in [5.41, 5.74) is 2.64. The molecule has 4 aromatic carbocycles. The molecule has 1 nitrogen and oxygen atoms in total. The van der Waals surface area contributed by atoms with E-state index in [4.69, 9.17) is 4.74 Å². The third-order valence-corrected chi connectivity index (χ3v) is 5.25. The molecule has 4 rings (SSSR count). The molecule has 0 heterocycles. The van der Waals surface area contributed by atoms with E-state index in [2.05, 4.69) is 6.58 Å². The van der Waals surface area contributed by atoms with Crippen LogP contribution in [-0.2, 0) is 12.8 Å². The van der Waals surface area contributed by atoms with Gasteiger partial charge in [0.2, 0.25) is 0 Å². The molecule has 31 heavy (non-hydrogen) atoms. The molecule has 0 aliphatic rings. The van der Waals surface area contributed by atoms with Gasteiger partial charge in [0.05, 0.1) is 0 Å². The average Bonchev–Trinajstić information content (AvgIpc) is 2.78. The van der Waals surface area contributed by atoms with Gasteiger partial charge >= 0.3 is 0 Å². The lowest BCUT2D eigenvalue weighted by Gasteiger charge is -2.10. The summed E-state index contributed by atoms with van der Waals surface area (Å²) in [6.45, 7) is 3.88. The molecule has 0 aromatic heterocycles. The third kappa shape index (κ3) is 4.64. The number of hydrogen-bond donors (Lipinski definition) is 0. The van der Waals surface area contributed by atoms with Crippen LogP contribution in [0.2, 0.25) is 0 Å². The van der Waals surface area contributed by atoms with Crippen molar-refractivity contribution in [2.45, 2.75) is 12.8 Å². The van der Waals surface area contributed by atoms with Gasteiger partial charge in [-0.1, -0.05) is 49.1 Å². The largest absolute Gasteiger partial charge is 0.489 e. The van der Waals surface area contributed by atoms with Gasteiger partial charge < -0.3 is 4.74 Å². The van der Waals surface area contributed by atoms with Crippen LogP contribution in [0.1, 0.15) is 11.1 Å². The van der Waals surface area contributed by atoms with E-state index in [1.807, 2.05) is 6.07 Å². The zero-order chi connectivity index (χ0) is 21.8. The molecular formula is C27H21F3O. The van der Waals surface area contributed by atoms with Crippen molar-refractivity contribution >= 4 is 10.8 Å². The smallest absolute Gasteiger partial charge is 0.134 e. The highest BCUT2D eigenvalue weighted by Crippen LogP contribution is 2.31. The minimum Gasteiger partial charge on any atom is -0.489 e. The van der Waals surface area contributed by atoms with E-state index in [0.717, 1.165) is 5.56 Å². The van der Waals surface area contributed by atoms with Crippen molar-refractivity contribution in [3.63, 3.8) is 0 Å². The molecule has 0 atom stereocenters. The number of benzene rings is 4. The molecule has 0 aliphatic heterocycles. The number of aryl methyl sites for hydroxylation is 2. The summed E-state index contributed by atoms with van der Waals surface area (Å²) in [5, 5.41) is 1.19. The summed E-state index contributed by atoms with van der Waals surface area (Å²) in [5.74, 6) is -0.539. The Hall–Kier alpha value is -3.53. The van der Waals surface area contributed by atoms with E-state index >= 15 is 4.39 Å². The van der Waals surface area contributed by atoms with Gasteiger partial charge in [0.25, 0.3) is 0 Å². The van der Waals surface area contributed by atoms with Crippen LogP contribution in [-0.4, -0.2) is 6.61 Å². The van der Waals surface area contributed by atoms with Crippen LogP contribution in [0.15, 0.2) is 85.5 Å². The molecule has 0 unspecified atom stereocenters. The van der Waals surface area contributed by atoms with Crippen molar-refractivity contribution in [3.8, 4) is 16.9 Å². The Labute approximate surface area is 179 Å². The van der Waals surface area contributed by atoms with Gasteiger partial charge in [0, 0.05) is 17.0 Å². The van der Waals surface area contributed by atoms with E-state index < -0.39 is 5.82 Å². The molecule has 4 aromatic rings. The number of hydrogen-bond acceptors (Lipinski definition) is 1. The maximum Gasteiger partial charge on any atom is 0.134 e. The highest BCUT2D eigenvalue weighted by molar-refractivity contribution is 5.88. The lowest BCUT2D eigenvalue weighted by atomic mass is 9.97. The van der Waals surface area contributed by atoms with E-state index in [-0.39, 0.29) is 11.6 Å². The van der Waals surface area contributed by atoms with Gasteiger partial charge in [0.1, 0.15) is 29.8 Å². The fourth-order valence-electron chi connectivity index (χ4n) is 3.60. The summed E-state index contributed by atoms with van der Waals surface area (Å²) in [6, 6.07) is 19.7. The van der Waals surface area contributed by atoms with Gasteiger partial charge in [-0.05, 0) is 65.3 Å². The van der Waals surface area contributed by atoms with Crippen LogP contribution in [0, 0.1) is 17.5 Å². The second kappa shape index (κ2) is 9.09. The highest BCUT2D eigenvalue weighted by Gasteiger charge is 2.11. The predicted octanol–water partition coefficient (Wildman–Crippen LogP) is 7.27. The van der Waals surface area contributed by atoms with E-state index in [9.17, 15) is 8.78 Å². The molecule has 0 bridgehead atoms. The third-order valence-electron chi connectivity index (χ3n) is 5.25. The van der Waals surface area contributed by atoms with Gasteiger partial charge in [-0.15, -0.1) is 0 Å². The molecule has 0 amide bonds. The van der Waals surface area contributed by atoms with Crippen molar-refractivity contribution in [1.29, 1.82) is 0 Å². The number of fused-ring (bicyclic) bond motifs is 1. The number of ether oxygens (including phenoxy) is 1. The summed E-state index contributed by atoms with van der Waals surface area (Å²) in [4.78, 5) is 0. The average molecular weight is 418 g/mol. The lowest BCUT2D eigenvalue weighted by Crippen LogP contribution is -1.97. The highest BCUT2D eigenvalue weighted by atomic mass is 19.1. The number of halogens is 3. The van der Waals surface area contributed by atoms with Crippen LogP contribution in [0.5, 0.6) is 5.75 Å². The van der Waals surface area contributed by atoms with Crippen LogP contribution >= 0.6 is 0 Å². The van der Waals surface area contributed by atoms with Crippen molar-refractivity contribution in [3.05, 3.63) is 114 Å². The van der Waals surface area contributed by atoms with E-state index in [0.29, 0.717) is 52.7 Å².